The molecule has 0 N–H and O–H groups in total. The highest BCUT2D eigenvalue weighted by Gasteiger charge is 2.36. The fourth-order valence-corrected chi connectivity index (χ4v) is 4.95. The number of rotatable bonds is 6. The molecule has 1 amide bonds. The van der Waals surface area contributed by atoms with Crippen molar-refractivity contribution in [1.82, 2.24) is 4.90 Å². The zero-order valence-corrected chi connectivity index (χ0v) is 14.9. The third-order valence-corrected chi connectivity index (χ3v) is 6.46. The molecule has 0 spiro atoms. The Balaban J connectivity index is 1.90. The molecule has 1 fully saturated rings. The molecule has 0 aliphatic heterocycles. The van der Waals surface area contributed by atoms with Crippen LogP contribution >= 0.6 is 0 Å². The summed E-state index contributed by atoms with van der Waals surface area (Å²) < 4.78 is 24.0. The lowest BCUT2D eigenvalue weighted by Crippen LogP contribution is -2.49. The van der Waals surface area contributed by atoms with Gasteiger partial charge in [-0.1, -0.05) is 43.2 Å². The van der Waals surface area contributed by atoms with Crippen LogP contribution < -0.4 is 0 Å². The fraction of sp³-hybridized carbons (Fsp3) is 0.611. The molecular formula is C18H27NO3S. The maximum Gasteiger partial charge on any atom is 0.222 e. The van der Waals surface area contributed by atoms with Gasteiger partial charge < -0.3 is 4.90 Å². The summed E-state index contributed by atoms with van der Waals surface area (Å²) in [5, 5.41) is -0.403. The Labute approximate surface area is 139 Å². The van der Waals surface area contributed by atoms with Gasteiger partial charge in [0.1, 0.15) is 0 Å². The fourth-order valence-electron chi connectivity index (χ4n) is 3.47. The van der Waals surface area contributed by atoms with Gasteiger partial charge >= 0.3 is 0 Å². The molecular weight excluding hydrogens is 310 g/mol. The van der Waals surface area contributed by atoms with Crippen LogP contribution in [0.4, 0.5) is 0 Å². The first-order chi connectivity index (χ1) is 10.9. The average Bonchev–Trinajstić information content (AvgIpc) is 2.54. The van der Waals surface area contributed by atoms with Crippen LogP contribution in [0, 0.1) is 0 Å². The Bertz CT molecular complexity index is 612. The van der Waals surface area contributed by atoms with Crippen LogP contribution in [-0.4, -0.2) is 43.8 Å². The highest BCUT2D eigenvalue weighted by Crippen LogP contribution is 2.28. The van der Waals surface area contributed by atoms with Gasteiger partial charge in [-0.05, 0) is 31.2 Å². The molecule has 0 heterocycles. The number of aryl methyl sites for hydroxylation is 1. The van der Waals surface area contributed by atoms with E-state index in [9.17, 15) is 13.2 Å². The maximum absolute atomic E-state index is 12.4. The van der Waals surface area contributed by atoms with Crippen molar-refractivity contribution >= 4 is 15.7 Å². The molecule has 4 nitrogen and oxygen atoms in total. The molecule has 2 rings (SSSR count). The predicted octanol–water partition coefficient (Wildman–Crippen LogP) is 2.82. The van der Waals surface area contributed by atoms with E-state index in [0.29, 0.717) is 12.8 Å². The van der Waals surface area contributed by atoms with Crippen LogP contribution in [-0.2, 0) is 21.1 Å². The first-order valence-electron chi connectivity index (χ1n) is 8.38. The molecule has 0 unspecified atom stereocenters. The summed E-state index contributed by atoms with van der Waals surface area (Å²) in [5.74, 6) is 0.0569. The van der Waals surface area contributed by atoms with Crippen LogP contribution in [0.2, 0.25) is 0 Å². The van der Waals surface area contributed by atoms with Crippen LogP contribution in [0.1, 0.15) is 44.1 Å². The number of benzene rings is 1. The van der Waals surface area contributed by atoms with E-state index in [1.165, 1.54) is 11.8 Å². The topological polar surface area (TPSA) is 54.5 Å². The number of carbonyl (C=O) groups excluding carboxylic acids is 1. The number of hydrogen-bond acceptors (Lipinski definition) is 3. The Hall–Kier alpha value is -1.36. The molecule has 1 aliphatic rings. The SMILES string of the molecule is CN(C(=O)CCCc1ccccc1)[C@@H]1CCCC[C@@H]1S(C)(=O)=O. The normalized spacial score (nSPS) is 21.8. The zero-order chi connectivity index (χ0) is 16.9. The van der Waals surface area contributed by atoms with E-state index in [-0.39, 0.29) is 11.9 Å². The van der Waals surface area contributed by atoms with Crippen molar-refractivity contribution in [3.05, 3.63) is 35.9 Å². The van der Waals surface area contributed by atoms with Gasteiger partial charge in [-0.25, -0.2) is 8.42 Å². The smallest absolute Gasteiger partial charge is 0.222 e. The Morgan fingerprint density at radius 2 is 1.83 bits per heavy atom. The molecule has 1 saturated carbocycles. The molecule has 128 valence electrons. The maximum atomic E-state index is 12.4. The van der Waals surface area contributed by atoms with Crippen molar-refractivity contribution in [3.63, 3.8) is 0 Å². The first-order valence-corrected chi connectivity index (χ1v) is 10.3. The van der Waals surface area contributed by atoms with E-state index in [4.69, 9.17) is 0 Å². The molecule has 0 saturated heterocycles. The zero-order valence-electron chi connectivity index (χ0n) is 14.1. The molecule has 0 bridgehead atoms. The van der Waals surface area contributed by atoms with Crippen molar-refractivity contribution in [2.75, 3.05) is 13.3 Å². The summed E-state index contributed by atoms with van der Waals surface area (Å²) >= 11 is 0. The Morgan fingerprint density at radius 1 is 1.17 bits per heavy atom. The van der Waals surface area contributed by atoms with Crippen molar-refractivity contribution in [1.29, 1.82) is 0 Å². The van der Waals surface area contributed by atoms with Crippen molar-refractivity contribution in [3.8, 4) is 0 Å². The summed E-state index contributed by atoms with van der Waals surface area (Å²) in [6, 6.07) is 9.95. The minimum absolute atomic E-state index is 0.0569. The third-order valence-electron chi connectivity index (χ3n) is 4.81. The highest BCUT2D eigenvalue weighted by molar-refractivity contribution is 7.91. The van der Waals surface area contributed by atoms with E-state index in [2.05, 4.69) is 12.1 Å². The number of amides is 1. The van der Waals surface area contributed by atoms with Crippen LogP contribution in [0.3, 0.4) is 0 Å². The predicted molar refractivity (Wildman–Crippen MR) is 93.0 cm³/mol. The summed E-state index contributed by atoms with van der Waals surface area (Å²) in [5.41, 5.74) is 1.23. The minimum Gasteiger partial charge on any atom is -0.341 e. The molecule has 5 heteroatoms. The number of hydrogen-bond donors (Lipinski definition) is 0. The molecule has 0 radical (unpaired) electrons. The van der Waals surface area contributed by atoms with Gasteiger partial charge in [-0.3, -0.25) is 4.79 Å². The summed E-state index contributed by atoms with van der Waals surface area (Å²) in [7, 11) is -1.35. The lowest BCUT2D eigenvalue weighted by molar-refractivity contribution is -0.132. The Kier molecular flexibility index (Phi) is 6.22. The van der Waals surface area contributed by atoms with E-state index < -0.39 is 15.1 Å². The van der Waals surface area contributed by atoms with Gasteiger partial charge in [0.05, 0.1) is 5.25 Å². The second-order valence-corrected chi connectivity index (χ2v) is 8.83. The lowest BCUT2D eigenvalue weighted by atomic mass is 9.93. The van der Waals surface area contributed by atoms with Crippen LogP contribution in [0.15, 0.2) is 30.3 Å². The van der Waals surface area contributed by atoms with Crippen molar-refractivity contribution in [2.24, 2.45) is 0 Å². The third kappa shape index (κ3) is 5.06. The van der Waals surface area contributed by atoms with Gasteiger partial charge in [0.2, 0.25) is 5.91 Å². The summed E-state index contributed by atoms with van der Waals surface area (Å²) in [4.78, 5) is 14.1. The molecule has 1 aromatic carbocycles. The average molecular weight is 337 g/mol. The largest absolute Gasteiger partial charge is 0.341 e. The molecule has 2 atom stereocenters. The highest BCUT2D eigenvalue weighted by atomic mass is 32.2. The number of sulfone groups is 1. The summed E-state index contributed by atoms with van der Waals surface area (Å²) in [6.45, 7) is 0. The molecule has 1 aliphatic carbocycles. The second-order valence-electron chi connectivity index (χ2n) is 6.56. The minimum atomic E-state index is -3.11. The van der Waals surface area contributed by atoms with Gasteiger partial charge in [0, 0.05) is 25.8 Å². The van der Waals surface area contributed by atoms with Crippen LogP contribution in [0.5, 0.6) is 0 Å². The van der Waals surface area contributed by atoms with Crippen LogP contribution in [0.25, 0.3) is 0 Å². The standard InChI is InChI=1S/C18H27NO3S/c1-19(16-12-6-7-13-17(16)23(2,21)22)18(20)14-8-11-15-9-4-3-5-10-15/h3-5,9-10,16-17H,6-8,11-14H2,1-2H3/t16-,17+/m1/s1. The van der Waals surface area contributed by atoms with Gasteiger partial charge in [-0.2, -0.15) is 0 Å². The first kappa shape index (κ1) is 18.0. The Morgan fingerprint density at radius 3 is 2.48 bits per heavy atom. The number of carbonyl (C=O) groups is 1. The van der Waals surface area contributed by atoms with E-state index in [0.717, 1.165) is 32.1 Å². The quantitative estimate of drug-likeness (QED) is 0.802. The second kappa shape index (κ2) is 7.95. The summed E-state index contributed by atoms with van der Waals surface area (Å²) in [6.07, 6.45) is 6.83. The molecule has 23 heavy (non-hydrogen) atoms. The molecule has 0 aromatic heterocycles. The molecule has 1 aromatic rings. The van der Waals surface area contributed by atoms with Gasteiger partial charge in [0.25, 0.3) is 0 Å². The number of nitrogens with zero attached hydrogens (tertiary/aromatic N) is 1. The lowest BCUT2D eigenvalue weighted by Gasteiger charge is -2.37. The van der Waals surface area contributed by atoms with E-state index in [1.54, 1.807) is 11.9 Å². The van der Waals surface area contributed by atoms with E-state index in [1.807, 2.05) is 18.2 Å². The van der Waals surface area contributed by atoms with E-state index >= 15 is 0 Å². The monoisotopic (exact) mass is 337 g/mol. The van der Waals surface area contributed by atoms with Crippen molar-refractivity contribution in [2.45, 2.75) is 56.2 Å². The van der Waals surface area contributed by atoms with Crippen molar-refractivity contribution < 1.29 is 13.2 Å². The van der Waals surface area contributed by atoms with Gasteiger partial charge in [-0.15, -0.1) is 0 Å². The van der Waals surface area contributed by atoms with Gasteiger partial charge in [0.15, 0.2) is 9.84 Å².